The quantitative estimate of drug-likeness (QED) is 0.688. The van der Waals surface area contributed by atoms with E-state index in [4.69, 9.17) is 11.6 Å². The Balaban J connectivity index is 2.01. The molecule has 128 valence electrons. The highest BCUT2D eigenvalue weighted by Crippen LogP contribution is 2.20. The van der Waals surface area contributed by atoms with Crippen LogP contribution >= 0.6 is 11.6 Å². The Morgan fingerprint density at radius 1 is 1.16 bits per heavy atom. The number of benzene rings is 2. The van der Waals surface area contributed by atoms with E-state index < -0.39 is 11.6 Å². The summed E-state index contributed by atoms with van der Waals surface area (Å²) in [6.07, 6.45) is 1.26. The minimum absolute atomic E-state index is 0.0497. The second-order valence-electron chi connectivity index (χ2n) is 5.58. The predicted octanol–water partition coefficient (Wildman–Crippen LogP) is 4.46. The van der Waals surface area contributed by atoms with Crippen LogP contribution < -0.4 is 5.56 Å². The van der Waals surface area contributed by atoms with Crippen molar-refractivity contribution in [1.29, 1.82) is 0 Å². The third-order valence-corrected chi connectivity index (χ3v) is 4.18. The topological polar surface area (TPSA) is 50.1 Å². The molecule has 0 atom stereocenters. The molecule has 4 nitrogen and oxygen atoms in total. The molecule has 3 aromatic rings. The molecule has 0 aliphatic carbocycles. The molecule has 2 aromatic carbocycles. The number of aliphatic imine (C=N–C) groups is 1. The van der Waals surface area contributed by atoms with Crippen LogP contribution in [0.25, 0.3) is 5.69 Å². The zero-order chi connectivity index (χ0) is 18.1. The summed E-state index contributed by atoms with van der Waals surface area (Å²) in [5, 5.41) is 3.48. The van der Waals surface area contributed by atoms with Crippen LogP contribution in [-0.2, 0) is 0 Å². The Kier molecular flexibility index (Phi) is 4.55. The first-order chi connectivity index (χ1) is 11.9. The van der Waals surface area contributed by atoms with Gasteiger partial charge in [0.15, 0.2) is 5.82 Å². The summed E-state index contributed by atoms with van der Waals surface area (Å²) < 4.78 is 27.9. The third kappa shape index (κ3) is 3.39. The van der Waals surface area contributed by atoms with Crippen LogP contribution in [-0.4, -0.2) is 16.0 Å². The highest BCUT2D eigenvalue weighted by molar-refractivity contribution is 6.31. The standard InChI is InChI=1S/C18H14ClF2N3O/c1-10-3-5-13(8-15(10)19)24-18(25)14(11(2)23-24)9-22-17-6-4-12(20)7-16(17)21/h3-9,23H,1-2H3. The number of hydrogen-bond donors (Lipinski definition) is 1. The van der Waals surface area contributed by atoms with Crippen molar-refractivity contribution in [2.75, 3.05) is 0 Å². The van der Waals surface area contributed by atoms with E-state index in [0.717, 1.165) is 17.7 Å². The Hall–Kier alpha value is -2.73. The second kappa shape index (κ2) is 6.64. The average Bonchev–Trinajstić information content (AvgIpc) is 2.84. The Bertz CT molecular complexity index is 1040. The molecule has 0 fully saturated rings. The first-order valence-corrected chi connectivity index (χ1v) is 7.82. The van der Waals surface area contributed by atoms with Gasteiger partial charge in [0.1, 0.15) is 5.82 Å². The monoisotopic (exact) mass is 361 g/mol. The van der Waals surface area contributed by atoms with Crippen molar-refractivity contribution < 1.29 is 8.78 Å². The first kappa shape index (κ1) is 17.1. The number of H-pyrrole nitrogens is 1. The number of aromatic nitrogens is 2. The van der Waals surface area contributed by atoms with Gasteiger partial charge in [-0.2, -0.15) is 0 Å². The highest BCUT2D eigenvalue weighted by Gasteiger charge is 2.12. The zero-order valence-electron chi connectivity index (χ0n) is 13.5. The number of nitrogens with zero attached hydrogens (tertiary/aromatic N) is 2. The maximum absolute atomic E-state index is 13.6. The zero-order valence-corrected chi connectivity index (χ0v) is 14.2. The average molecular weight is 362 g/mol. The summed E-state index contributed by atoms with van der Waals surface area (Å²) in [6.45, 7) is 3.57. The molecule has 25 heavy (non-hydrogen) atoms. The summed E-state index contributed by atoms with van der Waals surface area (Å²) in [6, 6.07) is 8.30. The maximum Gasteiger partial charge on any atom is 0.280 e. The maximum atomic E-state index is 13.6. The second-order valence-corrected chi connectivity index (χ2v) is 5.99. The minimum Gasteiger partial charge on any atom is -0.295 e. The van der Waals surface area contributed by atoms with Gasteiger partial charge in [0.2, 0.25) is 0 Å². The van der Waals surface area contributed by atoms with Crippen LogP contribution in [0.3, 0.4) is 0 Å². The van der Waals surface area contributed by atoms with Gasteiger partial charge in [0.25, 0.3) is 5.56 Å². The van der Waals surface area contributed by atoms with Gasteiger partial charge in [0, 0.05) is 23.0 Å². The molecular formula is C18H14ClF2N3O. The lowest BCUT2D eigenvalue weighted by atomic mass is 10.2. The molecule has 0 aliphatic rings. The fourth-order valence-corrected chi connectivity index (χ4v) is 2.51. The van der Waals surface area contributed by atoms with Gasteiger partial charge in [-0.3, -0.25) is 14.9 Å². The molecule has 0 aliphatic heterocycles. The van der Waals surface area contributed by atoms with Crippen LogP contribution in [0.4, 0.5) is 14.5 Å². The molecule has 3 rings (SSSR count). The smallest absolute Gasteiger partial charge is 0.280 e. The lowest BCUT2D eigenvalue weighted by molar-refractivity contribution is 0.585. The van der Waals surface area contributed by atoms with E-state index in [0.29, 0.717) is 16.4 Å². The summed E-state index contributed by atoms with van der Waals surface area (Å²) >= 11 is 6.11. The Labute approximate surface area is 147 Å². The summed E-state index contributed by atoms with van der Waals surface area (Å²) in [7, 11) is 0. The van der Waals surface area contributed by atoms with Crippen LogP contribution in [0.5, 0.6) is 0 Å². The van der Waals surface area contributed by atoms with Crippen molar-refractivity contribution in [2.24, 2.45) is 4.99 Å². The van der Waals surface area contributed by atoms with Crippen molar-refractivity contribution >= 4 is 23.5 Å². The SMILES string of the molecule is Cc1ccc(-n2[nH]c(C)c(C=Nc3ccc(F)cc3F)c2=O)cc1Cl. The third-order valence-electron chi connectivity index (χ3n) is 3.77. The van der Waals surface area contributed by atoms with E-state index >= 15 is 0 Å². The van der Waals surface area contributed by atoms with Gasteiger partial charge in [-0.15, -0.1) is 0 Å². The van der Waals surface area contributed by atoms with Gasteiger partial charge in [-0.1, -0.05) is 17.7 Å². The molecule has 0 radical (unpaired) electrons. The lowest BCUT2D eigenvalue weighted by Crippen LogP contribution is -2.17. The van der Waals surface area contributed by atoms with Crippen molar-refractivity contribution in [1.82, 2.24) is 9.78 Å². The van der Waals surface area contributed by atoms with E-state index in [1.807, 2.05) is 13.0 Å². The number of rotatable bonds is 3. The Morgan fingerprint density at radius 3 is 2.60 bits per heavy atom. The molecule has 1 aromatic heterocycles. The number of halogens is 3. The number of aryl methyl sites for hydroxylation is 2. The van der Waals surface area contributed by atoms with Crippen molar-refractivity contribution in [3.8, 4) is 5.69 Å². The first-order valence-electron chi connectivity index (χ1n) is 7.44. The summed E-state index contributed by atoms with van der Waals surface area (Å²) in [4.78, 5) is 16.5. The molecule has 7 heteroatoms. The van der Waals surface area contributed by atoms with E-state index in [-0.39, 0.29) is 16.8 Å². The summed E-state index contributed by atoms with van der Waals surface area (Å²) in [5.74, 6) is -1.48. The van der Waals surface area contributed by atoms with Crippen molar-refractivity contribution in [2.45, 2.75) is 13.8 Å². The fourth-order valence-electron chi connectivity index (χ4n) is 2.33. The number of hydrogen-bond acceptors (Lipinski definition) is 2. The van der Waals surface area contributed by atoms with E-state index in [1.165, 1.54) is 17.0 Å². The predicted molar refractivity (Wildman–Crippen MR) is 94.5 cm³/mol. The largest absolute Gasteiger partial charge is 0.295 e. The van der Waals surface area contributed by atoms with Gasteiger partial charge < -0.3 is 0 Å². The highest BCUT2D eigenvalue weighted by atomic mass is 35.5. The number of aromatic amines is 1. The molecule has 0 spiro atoms. The van der Waals surface area contributed by atoms with Crippen LogP contribution in [0.15, 0.2) is 46.2 Å². The lowest BCUT2D eigenvalue weighted by Gasteiger charge is -2.04. The number of nitrogens with one attached hydrogen (secondary N) is 1. The summed E-state index contributed by atoms with van der Waals surface area (Å²) in [5.41, 5.74) is 1.93. The molecule has 0 unspecified atom stereocenters. The van der Waals surface area contributed by atoms with Crippen LogP contribution in [0.2, 0.25) is 5.02 Å². The van der Waals surface area contributed by atoms with Gasteiger partial charge in [-0.05, 0) is 43.7 Å². The molecule has 0 saturated heterocycles. The molecule has 0 amide bonds. The minimum atomic E-state index is -0.796. The molecule has 1 N–H and O–H groups in total. The molecule has 1 heterocycles. The fraction of sp³-hybridized carbons (Fsp3) is 0.111. The van der Waals surface area contributed by atoms with Gasteiger partial charge in [-0.25, -0.2) is 13.5 Å². The van der Waals surface area contributed by atoms with Gasteiger partial charge in [0.05, 0.1) is 16.9 Å². The van der Waals surface area contributed by atoms with E-state index in [2.05, 4.69) is 10.1 Å². The molecular weight excluding hydrogens is 348 g/mol. The van der Waals surface area contributed by atoms with Crippen molar-refractivity contribution in [3.05, 3.63) is 80.2 Å². The van der Waals surface area contributed by atoms with Crippen LogP contribution in [0.1, 0.15) is 16.8 Å². The molecule has 0 saturated carbocycles. The van der Waals surface area contributed by atoms with Crippen molar-refractivity contribution in [3.63, 3.8) is 0 Å². The normalized spacial score (nSPS) is 11.4. The van der Waals surface area contributed by atoms with E-state index in [9.17, 15) is 13.6 Å². The van der Waals surface area contributed by atoms with Crippen LogP contribution in [0, 0.1) is 25.5 Å². The molecule has 0 bridgehead atoms. The van der Waals surface area contributed by atoms with Gasteiger partial charge >= 0.3 is 0 Å². The Morgan fingerprint density at radius 2 is 1.92 bits per heavy atom. The van der Waals surface area contributed by atoms with E-state index in [1.54, 1.807) is 19.1 Å².